The summed E-state index contributed by atoms with van der Waals surface area (Å²) < 4.78 is 0. The summed E-state index contributed by atoms with van der Waals surface area (Å²) in [6.45, 7) is 6.24. The summed E-state index contributed by atoms with van der Waals surface area (Å²) in [7, 11) is 0. The van der Waals surface area contributed by atoms with Gasteiger partial charge in [0.05, 0.1) is 17.3 Å². The van der Waals surface area contributed by atoms with Crippen LogP contribution in [-0.2, 0) is 5.41 Å². The Kier molecular flexibility index (Phi) is 3.01. The number of amides is 1. The van der Waals surface area contributed by atoms with E-state index < -0.39 is 0 Å². The van der Waals surface area contributed by atoms with Crippen LogP contribution in [-0.4, -0.2) is 26.3 Å². The van der Waals surface area contributed by atoms with Crippen molar-refractivity contribution in [3.63, 3.8) is 0 Å². The number of carbonyl (C=O) groups excluding carboxylic acids is 1. The van der Waals surface area contributed by atoms with Crippen LogP contribution in [0.25, 0.3) is 10.9 Å². The lowest BCUT2D eigenvalue weighted by Crippen LogP contribution is -2.13. The van der Waals surface area contributed by atoms with Gasteiger partial charge in [0.15, 0.2) is 5.82 Å². The monoisotopic (exact) mass is 283 g/mol. The Morgan fingerprint density at radius 1 is 1.24 bits per heavy atom. The number of aromatic nitrogens is 4. The molecule has 0 saturated heterocycles. The Labute approximate surface area is 122 Å². The van der Waals surface area contributed by atoms with Crippen molar-refractivity contribution >= 4 is 22.6 Å². The minimum Gasteiger partial charge on any atom is -0.305 e. The SMILES string of the molecule is CC(C)(C)c1cc(NC(=O)c2cccc3cn[nH]c23)n[nH]1. The lowest BCUT2D eigenvalue weighted by atomic mass is 9.92. The number of hydrogen-bond acceptors (Lipinski definition) is 3. The van der Waals surface area contributed by atoms with Gasteiger partial charge in [-0.3, -0.25) is 15.0 Å². The van der Waals surface area contributed by atoms with Crippen molar-refractivity contribution in [2.24, 2.45) is 0 Å². The van der Waals surface area contributed by atoms with Crippen LogP contribution in [0.15, 0.2) is 30.5 Å². The van der Waals surface area contributed by atoms with Gasteiger partial charge >= 0.3 is 0 Å². The van der Waals surface area contributed by atoms with Crippen molar-refractivity contribution in [3.05, 3.63) is 41.7 Å². The molecule has 0 atom stereocenters. The lowest BCUT2D eigenvalue weighted by Gasteiger charge is -2.14. The number of hydrogen-bond donors (Lipinski definition) is 3. The van der Waals surface area contributed by atoms with Gasteiger partial charge in [0.1, 0.15) is 0 Å². The molecule has 2 aromatic heterocycles. The highest BCUT2D eigenvalue weighted by Crippen LogP contribution is 2.22. The summed E-state index contributed by atoms with van der Waals surface area (Å²) in [6, 6.07) is 7.35. The zero-order chi connectivity index (χ0) is 15.0. The molecule has 1 amide bonds. The van der Waals surface area contributed by atoms with Crippen LogP contribution < -0.4 is 5.32 Å². The largest absolute Gasteiger partial charge is 0.305 e. The molecule has 6 heteroatoms. The standard InChI is InChI=1S/C15H17N5O/c1-15(2,3)11-7-12(19-18-11)17-14(21)10-6-4-5-9-8-16-20-13(9)10/h4-8H,1-3H3,(H,16,20)(H2,17,18,19,21). The molecule has 0 bridgehead atoms. The maximum atomic E-state index is 12.4. The molecule has 0 aliphatic carbocycles. The number of anilines is 1. The van der Waals surface area contributed by atoms with Crippen LogP contribution in [0.1, 0.15) is 36.8 Å². The average molecular weight is 283 g/mol. The Hall–Kier alpha value is -2.63. The fourth-order valence-corrected chi connectivity index (χ4v) is 2.11. The predicted molar refractivity (Wildman–Crippen MR) is 81.3 cm³/mol. The van der Waals surface area contributed by atoms with Crippen molar-refractivity contribution in [3.8, 4) is 0 Å². The normalized spacial score (nSPS) is 11.8. The highest BCUT2D eigenvalue weighted by molar-refractivity contribution is 6.11. The molecule has 0 radical (unpaired) electrons. The number of aromatic amines is 2. The number of carbonyl (C=O) groups is 1. The smallest absolute Gasteiger partial charge is 0.259 e. The van der Waals surface area contributed by atoms with Crippen molar-refractivity contribution < 1.29 is 4.79 Å². The third-order valence-corrected chi connectivity index (χ3v) is 3.35. The second-order valence-corrected chi connectivity index (χ2v) is 6.01. The molecule has 0 unspecified atom stereocenters. The van der Waals surface area contributed by atoms with Gasteiger partial charge in [-0.2, -0.15) is 10.2 Å². The van der Waals surface area contributed by atoms with Gasteiger partial charge in [0.2, 0.25) is 0 Å². The maximum absolute atomic E-state index is 12.4. The van der Waals surface area contributed by atoms with Gasteiger partial charge in [-0.1, -0.05) is 32.9 Å². The number of fused-ring (bicyclic) bond motifs is 1. The Balaban J connectivity index is 1.87. The quantitative estimate of drug-likeness (QED) is 0.676. The third kappa shape index (κ3) is 2.52. The van der Waals surface area contributed by atoms with Gasteiger partial charge in [0, 0.05) is 22.6 Å². The van der Waals surface area contributed by atoms with E-state index >= 15 is 0 Å². The Morgan fingerprint density at radius 2 is 2.05 bits per heavy atom. The van der Waals surface area contributed by atoms with Crippen LogP contribution in [0.5, 0.6) is 0 Å². The topological polar surface area (TPSA) is 86.5 Å². The van der Waals surface area contributed by atoms with E-state index in [1.54, 1.807) is 12.3 Å². The first-order chi connectivity index (χ1) is 9.95. The molecule has 6 nitrogen and oxygen atoms in total. The molecule has 108 valence electrons. The van der Waals surface area contributed by atoms with Gasteiger partial charge in [-0.05, 0) is 6.07 Å². The molecule has 3 aromatic rings. The van der Waals surface area contributed by atoms with E-state index in [2.05, 4.69) is 46.5 Å². The van der Waals surface area contributed by atoms with E-state index in [4.69, 9.17) is 0 Å². The molecule has 0 fully saturated rings. The summed E-state index contributed by atoms with van der Waals surface area (Å²) in [5.74, 6) is 0.304. The molecular formula is C15H17N5O. The Bertz CT molecular complexity index is 794. The van der Waals surface area contributed by atoms with Gasteiger partial charge in [-0.25, -0.2) is 0 Å². The van der Waals surface area contributed by atoms with Gasteiger partial charge in [0.25, 0.3) is 5.91 Å². The van der Waals surface area contributed by atoms with Gasteiger partial charge < -0.3 is 5.32 Å². The van der Waals surface area contributed by atoms with Crippen molar-refractivity contribution in [1.29, 1.82) is 0 Å². The first kappa shape index (κ1) is 13.4. The molecule has 0 saturated carbocycles. The summed E-state index contributed by atoms with van der Waals surface area (Å²) in [6.07, 6.45) is 1.69. The Morgan fingerprint density at radius 3 is 2.76 bits per heavy atom. The number of rotatable bonds is 2. The summed E-state index contributed by atoms with van der Waals surface area (Å²) in [4.78, 5) is 12.4. The molecule has 1 aromatic carbocycles. The summed E-state index contributed by atoms with van der Waals surface area (Å²) >= 11 is 0. The maximum Gasteiger partial charge on any atom is 0.259 e. The number of H-pyrrole nitrogens is 2. The van der Waals surface area contributed by atoms with E-state index in [0.29, 0.717) is 11.4 Å². The first-order valence-corrected chi connectivity index (χ1v) is 6.74. The van der Waals surface area contributed by atoms with Crippen molar-refractivity contribution in [1.82, 2.24) is 20.4 Å². The van der Waals surface area contributed by atoms with E-state index in [9.17, 15) is 4.79 Å². The van der Waals surface area contributed by atoms with Gasteiger partial charge in [-0.15, -0.1) is 0 Å². The number of nitrogens with zero attached hydrogens (tertiary/aromatic N) is 2. The van der Waals surface area contributed by atoms with Crippen LogP contribution in [0, 0.1) is 0 Å². The first-order valence-electron chi connectivity index (χ1n) is 6.74. The highest BCUT2D eigenvalue weighted by atomic mass is 16.1. The van der Waals surface area contributed by atoms with E-state index in [0.717, 1.165) is 16.6 Å². The van der Waals surface area contributed by atoms with Crippen LogP contribution >= 0.6 is 0 Å². The minimum absolute atomic E-state index is 0.0423. The molecule has 0 aliphatic rings. The number of benzene rings is 1. The number of para-hydroxylation sites is 1. The third-order valence-electron chi connectivity index (χ3n) is 3.35. The second-order valence-electron chi connectivity index (χ2n) is 6.01. The molecule has 0 aliphatic heterocycles. The fourth-order valence-electron chi connectivity index (χ4n) is 2.11. The molecule has 2 heterocycles. The fraction of sp³-hybridized carbons (Fsp3) is 0.267. The zero-order valence-corrected chi connectivity index (χ0v) is 12.2. The van der Waals surface area contributed by atoms with Crippen molar-refractivity contribution in [2.75, 3.05) is 5.32 Å². The van der Waals surface area contributed by atoms with Crippen LogP contribution in [0.2, 0.25) is 0 Å². The number of nitrogens with one attached hydrogen (secondary N) is 3. The summed E-state index contributed by atoms with van der Waals surface area (Å²) in [5.41, 5.74) is 2.20. The predicted octanol–water partition coefficient (Wildman–Crippen LogP) is 2.84. The van der Waals surface area contributed by atoms with Crippen LogP contribution in [0.3, 0.4) is 0 Å². The van der Waals surface area contributed by atoms with E-state index in [-0.39, 0.29) is 11.3 Å². The second kappa shape index (κ2) is 4.73. The molecule has 21 heavy (non-hydrogen) atoms. The molecule has 0 spiro atoms. The highest BCUT2D eigenvalue weighted by Gasteiger charge is 2.18. The zero-order valence-electron chi connectivity index (χ0n) is 12.2. The van der Waals surface area contributed by atoms with E-state index in [1.807, 2.05) is 18.2 Å². The molecule has 3 rings (SSSR count). The van der Waals surface area contributed by atoms with Crippen LogP contribution in [0.4, 0.5) is 5.82 Å². The summed E-state index contributed by atoms with van der Waals surface area (Å²) in [5, 5.41) is 17.6. The van der Waals surface area contributed by atoms with Crippen molar-refractivity contribution in [2.45, 2.75) is 26.2 Å². The molecule has 3 N–H and O–H groups in total. The lowest BCUT2D eigenvalue weighted by molar-refractivity contribution is 0.102. The molecular weight excluding hydrogens is 266 g/mol. The van der Waals surface area contributed by atoms with E-state index in [1.165, 1.54) is 0 Å². The minimum atomic E-state index is -0.211. The average Bonchev–Trinajstić information content (AvgIpc) is 3.05.